The van der Waals surface area contributed by atoms with Crippen LogP contribution in [0.1, 0.15) is 5.56 Å². The van der Waals surface area contributed by atoms with E-state index in [0.29, 0.717) is 16.4 Å². The van der Waals surface area contributed by atoms with E-state index in [9.17, 15) is 8.87 Å². The average molecular weight is 344 g/mol. The highest BCUT2D eigenvalue weighted by atomic mass is 32.1. The van der Waals surface area contributed by atoms with Gasteiger partial charge in [-0.3, -0.25) is 4.68 Å². The van der Waals surface area contributed by atoms with E-state index in [0.717, 1.165) is 16.3 Å². The van der Waals surface area contributed by atoms with Crippen LogP contribution in [0.15, 0.2) is 47.6 Å². The first-order valence-electron chi connectivity index (χ1n) is 7.39. The highest BCUT2D eigenvalue weighted by molar-refractivity contribution is 7.14. The van der Waals surface area contributed by atoms with Crippen LogP contribution in [0.4, 0.5) is 20.2 Å². The molecule has 0 aliphatic carbocycles. The number of rotatable bonds is 3. The van der Waals surface area contributed by atoms with Crippen molar-refractivity contribution in [3.8, 4) is 10.6 Å². The molecule has 122 valence electrons. The van der Waals surface area contributed by atoms with Crippen molar-refractivity contribution < 1.29 is 8.87 Å². The molecular formula is C17H14F2N4S. The summed E-state index contributed by atoms with van der Waals surface area (Å²) < 4.78 is 29.8. The fourth-order valence-corrected chi connectivity index (χ4v) is 3.72. The van der Waals surface area contributed by atoms with E-state index in [1.165, 1.54) is 6.07 Å². The fourth-order valence-electron chi connectivity index (χ4n) is 2.82. The Labute approximate surface area is 141 Å². The van der Waals surface area contributed by atoms with E-state index in [-0.39, 0.29) is 12.2 Å². The summed E-state index contributed by atoms with van der Waals surface area (Å²) in [6.45, 7) is -0.0331. The molecule has 1 aliphatic rings. The predicted molar refractivity (Wildman–Crippen MR) is 93.0 cm³/mol. The van der Waals surface area contributed by atoms with Gasteiger partial charge in [0, 0.05) is 24.5 Å². The van der Waals surface area contributed by atoms with Gasteiger partial charge < -0.3 is 5.32 Å². The summed E-state index contributed by atoms with van der Waals surface area (Å²) in [6, 6.07) is 8.40. The molecule has 3 aromatic rings. The normalized spacial score (nSPS) is 13.6. The zero-order valence-electron chi connectivity index (χ0n) is 12.8. The molecule has 0 amide bonds. The average Bonchev–Trinajstić information content (AvgIpc) is 3.15. The van der Waals surface area contributed by atoms with Crippen molar-refractivity contribution >= 4 is 28.8 Å². The van der Waals surface area contributed by atoms with Gasteiger partial charge in [0.15, 0.2) is 0 Å². The lowest BCUT2D eigenvalue weighted by Gasteiger charge is -2.24. The fraction of sp³-hybridized carbons (Fsp3) is 0.118. The van der Waals surface area contributed by atoms with E-state index < -0.39 is 5.82 Å². The van der Waals surface area contributed by atoms with Crippen molar-refractivity contribution in [1.29, 1.82) is 0 Å². The Morgan fingerprint density at radius 1 is 1.25 bits per heavy atom. The third-order valence-corrected chi connectivity index (χ3v) is 4.85. The Balaban J connectivity index is 1.68. The van der Waals surface area contributed by atoms with Gasteiger partial charge in [0.05, 0.1) is 22.8 Å². The smallest absolute Gasteiger partial charge is 0.149 e. The lowest BCUT2D eigenvalue weighted by Crippen LogP contribution is -2.24. The number of aryl methyl sites for hydroxylation is 1. The molecule has 0 fully saturated rings. The van der Waals surface area contributed by atoms with Crippen molar-refractivity contribution in [3.63, 3.8) is 0 Å². The van der Waals surface area contributed by atoms with E-state index >= 15 is 0 Å². The lowest BCUT2D eigenvalue weighted by molar-refractivity contribution is 0.437. The molecular weight excluding hydrogens is 330 g/mol. The Morgan fingerprint density at radius 3 is 2.92 bits per heavy atom. The summed E-state index contributed by atoms with van der Waals surface area (Å²) in [5.41, 5.74) is 3.02. The second-order valence-electron chi connectivity index (χ2n) is 5.50. The van der Waals surface area contributed by atoms with E-state index in [4.69, 9.17) is 0 Å². The number of hydrogen-bond acceptors (Lipinski definition) is 4. The minimum atomic E-state index is -0.559. The molecule has 7 heteroatoms. The number of para-hydroxylation sites is 1. The zero-order valence-corrected chi connectivity index (χ0v) is 13.6. The van der Waals surface area contributed by atoms with Crippen LogP contribution in [0.3, 0.4) is 0 Å². The third-order valence-electron chi connectivity index (χ3n) is 3.91. The Bertz CT molecular complexity index is 928. The molecule has 0 atom stereocenters. The topological polar surface area (TPSA) is 33.1 Å². The molecule has 0 bridgehead atoms. The van der Waals surface area contributed by atoms with Crippen LogP contribution in [0.5, 0.6) is 0 Å². The van der Waals surface area contributed by atoms with E-state index in [1.54, 1.807) is 40.4 Å². The van der Waals surface area contributed by atoms with Crippen LogP contribution in [0, 0.1) is 5.82 Å². The molecule has 24 heavy (non-hydrogen) atoms. The van der Waals surface area contributed by atoms with Gasteiger partial charge in [-0.15, -0.1) is 11.3 Å². The maximum atomic E-state index is 14.3. The first-order valence-corrected chi connectivity index (χ1v) is 8.27. The minimum absolute atomic E-state index is 0.0137. The monoisotopic (exact) mass is 344 g/mol. The lowest BCUT2D eigenvalue weighted by atomic mass is 10.1. The zero-order chi connectivity index (χ0) is 16.7. The molecule has 2 aromatic heterocycles. The van der Waals surface area contributed by atoms with Gasteiger partial charge in [-0.2, -0.15) is 5.10 Å². The minimum Gasteiger partial charge on any atom is -0.356 e. The van der Waals surface area contributed by atoms with Crippen molar-refractivity contribution in [2.24, 2.45) is 7.05 Å². The van der Waals surface area contributed by atoms with Gasteiger partial charge in [0.1, 0.15) is 11.5 Å². The first kappa shape index (κ1) is 14.9. The van der Waals surface area contributed by atoms with Gasteiger partial charge in [-0.25, -0.2) is 9.51 Å². The summed E-state index contributed by atoms with van der Waals surface area (Å²) in [5.74, 6) is -0.559. The largest absolute Gasteiger partial charge is 0.356 e. The SMILES string of the molecule is Cn1nccc1-c1sccc1NC1=Cc2cccc(F)c2N(F)C1. The van der Waals surface area contributed by atoms with E-state index in [1.807, 2.05) is 24.6 Å². The molecule has 3 heterocycles. The molecule has 0 unspecified atom stereocenters. The van der Waals surface area contributed by atoms with Crippen LogP contribution >= 0.6 is 11.3 Å². The van der Waals surface area contributed by atoms with Crippen molar-refractivity contribution in [1.82, 2.24) is 9.78 Å². The Kier molecular flexibility index (Phi) is 3.57. The van der Waals surface area contributed by atoms with Crippen molar-refractivity contribution in [2.45, 2.75) is 0 Å². The van der Waals surface area contributed by atoms with Crippen LogP contribution in [-0.2, 0) is 7.05 Å². The summed E-state index contributed by atoms with van der Waals surface area (Å²) in [6.07, 6.45) is 3.51. The standard InChI is InChI=1S/C17H14F2N4S/c1-22-15(5-7-20-22)17-14(6-8-24-17)21-12-9-11-3-2-4-13(18)16(11)23(19)10-12/h2-9,21H,10H2,1H3. The number of aromatic nitrogens is 2. The van der Waals surface area contributed by atoms with Crippen molar-refractivity contribution in [2.75, 3.05) is 17.0 Å². The number of halogens is 2. The molecule has 4 rings (SSSR count). The second-order valence-corrected chi connectivity index (χ2v) is 6.41. The van der Waals surface area contributed by atoms with Crippen molar-refractivity contribution in [3.05, 3.63) is 59.0 Å². The summed E-state index contributed by atoms with van der Waals surface area (Å²) in [7, 11) is 1.88. The predicted octanol–water partition coefficient (Wildman–Crippen LogP) is 4.45. The van der Waals surface area contributed by atoms with Gasteiger partial charge in [0.25, 0.3) is 0 Å². The van der Waals surface area contributed by atoms with Crippen LogP contribution < -0.4 is 10.4 Å². The molecule has 0 saturated carbocycles. The van der Waals surface area contributed by atoms with E-state index in [2.05, 4.69) is 10.4 Å². The molecule has 1 aromatic carbocycles. The maximum Gasteiger partial charge on any atom is 0.149 e. The Morgan fingerprint density at radius 2 is 2.12 bits per heavy atom. The number of anilines is 2. The summed E-state index contributed by atoms with van der Waals surface area (Å²) in [5, 5.41) is 9.85. The molecule has 4 nitrogen and oxygen atoms in total. The van der Waals surface area contributed by atoms with Gasteiger partial charge >= 0.3 is 0 Å². The number of nitrogens with one attached hydrogen (secondary N) is 1. The van der Waals surface area contributed by atoms with Crippen LogP contribution in [0.25, 0.3) is 16.6 Å². The highest BCUT2D eigenvalue weighted by Gasteiger charge is 2.22. The number of fused-ring (bicyclic) bond motifs is 1. The van der Waals surface area contributed by atoms with Crippen LogP contribution in [0.2, 0.25) is 0 Å². The molecule has 1 aliphatic heterocycles. The number of nitrogens with zero attached hydrogens (tertiary/aromatic N) is 3. The number of benzene rings is 1. The van der Waals surface area contributed by atoms with Crippen LogP contribution in [-0.4, -0.2) is 16.3 Å². The molecule has 0 radical (unpaired) electrons. The maximum absolute atomic E-state index is 14.3. The summed E-state index contributed by atoms with van der Waals surface area (Å²) >= 11 is 1.58. The van der Waals surface area contributed by atoms with Gasteiger partial charge in [-0.1, -0.05) is 16.6 Å². The second kappa shape index (κ2) is 5.76. The first-order chi connectivity index (χ1) is 11.6. The van der Waals surface area contributed by atoms with Gasteiger partial charge in [-0.05, 0) is 29.7 Å². The number of hydrogen-bond donors (Lipinski definition) is 1. The molecule has 1 N–H and O–H groups in total. The highest BCUT2D eigenvalue weighted by Crippen LogP contribution is 2.36. The number of thiophene rings is 1. The quantitative estimate of drug-likeness (QED) is 0.713. The van der Waals surface area contributed by atoms with Gasteiger partial charge in [0.2, 0.25) is 0 Å². The Hall–Kier alpha value is -2.67. The third kappa shape index (κ3) is 2.46. The molecule has 0 saturated heterocycles. The molecule has 0 spiro atoms. The summed E-state index contributed by atoms with van der Waals surface area (Å²) in [4.78, 5) is 1.02.